The summed E-state index contributed by atoms with van der Waals surface area (Å²) in [7, 11) is 0. The number of ether oxygens (including phenoxy) is 8. The number of carbonyl (C=O) groups excluding carboxylic acids is 1. The van der Waals surface area contributed by atoms with Crippen LogP contribution in [0.5, 0.6) is 0 Å². The monoisotopic (exact) mass is 528 g/mol. The van der Waals surface area contributed by atoms with E-state index in [1.165, 1.54) is 0 Å². The molecule has 3 saturated heterocycles. The number of hydrogen-bond acceptors (Lipinski definition) is 10. The van der Waals surface area contributed by atoms with E-state index in [4.69, 9.17) is 43.4 Å². The Morgan fingerprint density at radius 1 is 1.03 bits per heavy atom. The third-order valence-corrected chi connectivity index (χ3v) is 5.55. The molecule has 3 heterocycles. The zero-order chi connectivity index (χ0) is 26.2. The van der Waals surface area contributed by atoms with Gasteiger partial charge < -0.3 is 43.2 Å². The molecule has 1 N–H and O–H groups in total. The van der Waals surface area contributed by atoms with Crippen molar-refractivity contribution in [1.29, 1.82) is 0 Å². The summed E-state index contributed by atoms with van der Waals surface area (Å²) in [6.07, 6.45) is -7.95. The second kappa shape index (κ2) is 12.7. The normalized spacial score (nSPS) is 30.6. The number of carbonyl (C=O) groups is 1. The third-order valence-electron chi connectivity index (χ3n) is 5.55. The van der Waals surface area contributed by atoms with E-state index < -0.39 is 48.0 Å². The van der Waals surface area contributed by atoms with Crippen LogP contribution in [0.4, 0.5) is 13.2 Å². The van der Waals surface area contributed by atoms with Crippen molar-refractivity contribution in [2.75, 3.05) is 66.0 Å². The standard InChI is InChI=1S/C20H31F3N4O9/c1-18(2)34-14-13(26-17(28)20(21,22)23)16-33-12-19(36-16,15(14)35-18)11-32-10-9-31-8-7-30-6-5-29-4-3-25-27-24/h13-16H,3-12H2,1-2H3,(H,26,28)/t13-,14-,15-,16-,19+/m1/s1. The molecule has 206 valence electrons. The average molecular weight is 528 g/mol. The number of azide groups is 1. The quantitative estimate of drug-likeness (QED) is 0.142. The van der Waals surface area contributed by atoms with E-state index >= 15 is 0 Å². The lowest BCUT2D eigenvalue weighted by atomic mass is 9.88. The van der Waals surface area contributed by atoms with E-state index in [0.29, 0.717) is 33.0 Å². The maximum absolute atomic E-state index is 12.8. The van der Waals surface area contributed by atoms with E-state index in [-0.39, 0.29) is 33.0 Å². The first-order chi connectivity index (χ1) is 17.1. The van der Waals surface area contributed by atoms with E-state index in [0.717, 1.165) is 0 Å². The molecule has 0 aromatic rings. The van der Waals surface area contributed by atoms with Gasteiger partial charge >= 0.3 is 12.1 Å². The van der Waals surface area contributed by atoms with Gasteiger partial charge in [0.15, 0.2) is 12.1 Å². The summed E-state index contributed by atoms with van der Waals surface area (Å²) in [5.41, 5.74) is 7.03. The van der Waals surface area contributed by atoms with E-state index in [9.17, 15) is 18.0 Å². The molecule has 0 spiro atoms. The Morgan fingerprint density at radius 2 is 1.64 bits per heavy atom. The average Bonchev–Trinajstić information content (AvgIpc) is 3.36. The van der Waals surface area contributed by atoms with Crippen molar-refractivity contribution >= 4 is 5.91 Å². The highest BCUT2D eigenvalue weighted by Crippen LogP contribution is 2.46. The fourth-order valence-electron chi connectivity index (χ4n) is 4.06. The van der Waals surface area contributed by atoms with Crippen LogP contribution in [0.3, 0.4) is 0 Å². The predicted octanol–water partition coefficient (Wildman–Crippen LogP) is 1.06. The van der Waals surface area contributed by atoms with Crippen LogP contribution >= 0.6 is 0 Å². The van der Waals surface area contributed by atoms with Crippen molar-refractivity contribution in [3.63, 3.8) is 0 Å². The number of nitrogens with one attached hydrogen (secondary N) is 1. The first-order valence-electron chi connectivity index (χ1n) is 11.4. The smallest absolute Gasteiger partial charge is 0.379 e. The fraction of sp³-hybridized carbons (Fsp3) is 0.950. The van der Waals surface area contributed by atoms with Gasteiger partial charge in [-0.25, -0.2) is 0 Å². The molecule has 0 aromatic heterocycles. The number of fused-ring (bicyclic) bond motifs is 4. The molecule has 3 aliphatic heterocycles. The van der Waals surface area contributed by atoms with Crippen molar-refractivity contribution in [1.82, 2.24) is 5.32 Å². The fourth-order valence-corrected chi connectivity index (χ4v) is 4.06. The van der Waals surface area contributed by atoms with Gasteiger partial charge in [-0.1, -0.05) is 5.11 Å². The van der Waals surface area contributed by atoms with Crippen LogP contribution in [0.1, 0.15) is 13.8 Å². The topological polar surface area (TPSA) is 152 Å². The number of rotatable bonds is 15. The molecule has 1 amide bonds. The minimum Gasteiger partial charge on any atom is -0.379 e. The molecular formula is C20H31F3N4O9. The highest BCUT2D eigenvalue weighted by Gasteiger charge is 2.66. The Hall–Kier alpha value is -1.75. The first kappa shape index (κ1) is 28.8. The summed E-state index contributed by atoms with van der Waals surface area (Å²) < 4.78 is 83.4. The molecule has 0 aliphatic carbocycles. The second-order valence-electron chi connectivity index (χ2n) is 8.72. The molecule has 0 radical (unpaired) electrons. The van der Waals surface area contributed by atoms with Gasteiger partial charge in [-0.05, 0) is 19.4 Å². The highest BCUT2D eigenvalue weighted by atomic mass is 19.4. The molecule has 5 atom stereocenters. The SMILES string of the molecule is CC1(C)O[C@@H]2[C@@H](NC(=O)C(F)(F)F)[C@@H]3OC[C@](COCCOCCOCCOCCN=[N+]=[N-])(O3)[C@@H]2O1. The van der Waals surface area contributed by atoms with Crippen molar-refractivity contribution in [3.8, 4) is 0 Å². The Kier molecular flexibility index (Phi) is 10.1. The van der Waals surface area contributed by atoms with Crippen LogP contribution < -0.4 is 5.32 Å². The Balaban J connectivity index is 1.37. The van der Waals surface area contributed by atoms with E-state index in [2.05, 4.69) is 10.0 Å². The largest absolute Gasteiger partial charge is 0.471 e. The van der Waals surface area contributed by atoms with Gasteiger partial charge in [0.2, 0.25) is 0 Å². The Bertz CT molecular complexity index is 784. The van der Waals surface area contributed by atoms with Gasteiger partial charge in [0, 0.05) is 11.5 Å². The number of alkyl halides is 3. The zero-order valence-corrected chi connectivity index (χ0v) is 20.0. The molecule has 16 heteroatoms. The highest BCUT2D eigenvalue weighted by molar-refractivity contribution is 5.82. The van der Waals surface area contributed by atoms with Gasteiger partial charge in [0.1, 0.15) is 23.9 Å². The molecule has 36 heavy (non-hydrogen) atoms. The molecule has 2 bridgehead atoms. The lowest BCUT2D eigenvalue weighted by molar-refractivity contribution is -0.218. The summed E-state index contributed by atoms with van der Waals surface area (Å²) in [5.74, 6) is -3.21. The van der Waals surface area contributed by atoms with Crippen LogP contribution in [0.2, 0.25) is 0 Å². The Morgan fingerprint density at radius 3 is 2.25 bits per heavy atom. The van der Waals surface area contributed by atoms with Gasteiger partial charge in [-0.2, -0.15) is 13.2 Å². The van der Waals surface area contributed by atoms with Crippen molar-refractivity contribution in [3.05, 3.63) is 10.4 Å². The summed E-state index contributed by atoms with van der Waals surface area (Å²) in [6, 6.07) is -1.21. The lowest BCUT2D eigenvalue weighted by Gasteiger charge is -2.42. The van der Waals surface area contributed by atoms with Crippen molar-refractivity contribution in [2.45, 2.75) is 56.0 Å². The van der Waals surface area contributed by atoms with Crippen LogP contribution in [-0.2, 0) is 42.7 Å². The molecule has 0 saturated carbocycles. The van der Waals surface area contributed by atoms with Gasteiger partial charge in [-0.3, -0.25) is 4.79 Å². The molecule has 3 fully saturated rings. The summed E-state index contributed by atoms with van der Waals surface area (Å²) in [5, 5.41) is 5.26. The summed E-state index contributed by atoms with van der Waals surface area (Å²) >= 11 is 0. The minimum atomic E-state index is -5.06. The first-order valence-corrected chi connectivity index (χ1v) is 11.4. The van der Waals surface area contributed by atoms with Crippen LogP contribution in [0, 0.1) is 0 Å². The maximum Gasteiger partial charge on any atom is 0.471 e. The number of halogens is 3. The van der Waals surface area contributed by atoms with Gasteiger partial charge in [0.25, 0.3) is 0 Å². The minimum absolute atomic E-state index is 0.00368. The predicted molar refractivity (Wildman–Crippen MR) is 113 cm³/mol. The molecule has 0 unspecified atom stereocenters. The van der Waals surface area contributed by atoms with E-state index in [1.54, 1.807) is 13.8 Å². The molecular weight excluding hydrogens is 497 g/mol. The van der Waals surface area contributed by atoms with Crippen LogP contribution in [0.15, 0.2) is 5.11 Å². The Labute approximate surface area is 205 Å². The maximum atomic E-state index is 12.8. The molecule has 13 nitrogen and oxygen atoms in total. The van der Waals surface area contributed by atoms with E-state index in [1.807, 2.05) is 5.32 Å². The number of hydrogen-bond donors (Lipinski definition) is 1. The summed E-state index contributed by atoms with van der Waals surface area (Å²) in [6.45, 7) is 5.82. The third kappa shape index (κ3) is 7.63. The van der Waals surface area contributed by atoms with Crippen LogP contribution in [0.25, 0.3) is 10.4 Å². The van der Waals surface area contributed by atoms with Gasteiger partial charge in [0.05, 0.1) is 59.5 Å². The molecule has 3 rings (SSSR count). The van der Waals surface area contributed by atoms with Crippen molar-refractivity contribution in [2.24, 2.45) is 5.11 Å². The second-order valence-corrected chi connectivity index (χ2v) is 8.72. The number of nitrogens with zero attached hydrogens (tertiary/aromatic N) is 3. The molecule has 0 aromatic carbocycles. The zero-order valence-electron chi connectivity index (χ0n) is 20.0. The molecule has 3 aliphatic rings. The van der Waals surface area contributed by atoms with Crippen molar-refractivity contribution < 1.29 is 55.9 Å². The lowest BCUT2D eigenvalue weighted by Crippen LogP contribution is -2.66. The van der Waals surface area contributed by atoms with Crippen LogP contribution in [-0.4, -0.2) is 114 Å². The summed E-state index contributed by atoms with van der Waals surface area (Å²) in [4.78, 5) is 14.2. The number of amides is 1. The van der Waals surface area contributed by atoms with Gasteiger partial charge in [-0.15, -0.1) is 0 Å².